The second-order valence-corrected chi connectivity index (χ2v) is 4.27. The Morgan fingerprint density at radius 2 is 2.00 bits per heavy atom. The topological polar surface area (TPSA) is 42.2 Å². The van der Waals surface area contributed by atoms with E-state index in [1.54, 1.807) is 26.0 Å². The first-order chi connectivity index (χ1) is 8.97. The zero-order chi connectivity index (χ0) is 14.0. The Kier molecular flexibility index (Phi) is 3.64. The third-order valence-electron chi connectivity index (χ3n) is 2.71. The average molecular weight is 265 g/mol. The number of benzene rings is 1. The Morgan fingerprint density at radius 3 is 2.63 bits per heavy atom. The Labute approximate surface area is 109 Å². The fourth-order valence-electron chi connectivity index (χ4n) is 1.70. The lowest BCUT2D eigenvalue weighted by Gasteiger charge is -2.12. The van der Waals surface area contributed by atoms with Crippen molar-refractivity contribution in [1.82, 2.24) is 5.32 Å². The van der Waals surface area contributed by atoms with Gasteiger partial charge in [-0.1, -0.05) is 0 Å². The van der Waals surface area contributed by atoms with Crippen molar-refractivity contribution in [3.05, 3.63) is 59.1 Å². The van der Waals surface area contributed by atoms with Crippen LogP contribution in [0.25, 0.3) is 0 Å². The van der Waals surface area contributed by atoms with Gasteiger partial charge in [-0.25, -0.2) is 8.78 Å². The van der Waals surface area contributed by atoms with Crippen molar-refractivity contribution in [2.75, 3.05) is 0 Å². The summed E-state index contributed by atoms with van der Waals surface area (Å²) in [6, 6.07) is 5.81. The molecule has 19 heavy (non-hydrogen) atoms. The molecule has 1 N–H and O–H groups in total. The number of halogens is 2. The summed E-state index contributed by atoms with van der Waals surface area (Å²) in [4.78, 5) is 11.8. The molecule has 0 aliphatic rings. The second-order valence-electron chi connectivity index (χ2n) is 4.27. The van der Waals surface area contributed by atoms with E-state index in [0.717, 1.165) is 18.2 Å². The fourth-order valence-corrected chi connectivity index (χ4v) is 1.70. The molecule has 100 valence electrons. The van der Waals surface area contributed by atoms with Crippen LogP contribution < -0.4 is 5.32 Å². The minimum absolute atomic E-state index is 0.324. The number of aryl methyl sites for hydroxylation is 1. The molecular formula is C14H13F2NO2. The molecule has 1 heterocycles. The predicted molar refractivity (Wildman–Crippen MR) is 65.7 cm³/mol. The van der Waals surface area contributed by atoms with Gasteiger partial charge < -0.3 is 9.73 Å². The normalized spacial score (nSPS) is 12.2. The summed E-state index contributed by atoms with van der Waals surface area (Å²) in [7, 11) is 0. The molecule has 2 aromatic rings. The Morgan fingerprint density at radius 1 is 1.26 bits per heavy atom. The molecule has 1 aromatic carbocycles. The highest BCUT2D eigenvalue weighted by Gasteiger charge is 2.17. The molecule has 0 radical (unpaired) electrons. The molecule has 0 fully saturated rings. The molecule has 0 bridgehead atoms. The van der Waals surface area contributed by atoms with Crippen LogP contribution in [0, 0.1) is 18.6 Å². The van der Waals surface area contributed by atoms with Gasteiger partial charge in [0, 0.05) is 0 Å². The van der Waals surface area contributed by atoms with Gasteiger partial charge in [0.1, 0.15) is 23.2 Å². The van der Waals surface area contributed by atoms with Gasteiger partial charge in [0.25, 0.3) is 5.91 Å². The van der Waals surface area contributed by atoms with Crippen LogP contribution in [-0.4, -0.2) is 5.91 Å². The van der Waals surface area contributed by atoms with Crippen molar-refractivity contribution in [2.24, 2.45) is 0 Å². The zero-order valence-electron chi connectivity index (χ0n) is 10.5. The lowest BCUT2D eigenvalue weighted by atomic mass is 10.1. The van der Waals surface area contributed by atoms with E-state index in [0.29, 0.717) is 11.5 Å². The molecule has 2 rings (SSSR count). The smallest absolute Gasteiger partial charge is 0.254 e. The lowest BCUT2D eigenvalue weighted by molar-refractivity contribution is 0.0930. The van der Waals surface area contributed by atoms with Crippen LogP contribution in [0.2, 0.25) is 0 Å². The van der Waals surface area contributed by atoms with Crippen molar-refractivity contribution in [2.45, 2.75) is 19.9 Å². The van der Waals surface area contributed by atoms with Crippen LogP contribution in [-0.2, 0) is 0 Å². The maximum absolute atomic E-state index is 13.4. The van der Waals surface area contributed by atoms with E-state index in [9.17, 15) is 13.6 Å². The molecule has 3 nitrogen and oxygen atoms in total. The van der Waals surface area contributed by atoms with Crippen molar-refractivity contribution < 1.29 is 18.0 Å². The van der Waals surface area contributed by atoms with Crippen LogP contribution in [0.5, 0.6) is 0 Å². The number of furan rings is 1. The summed E-state index contributed by atoms with van der Waals surface area (Å²) in [6.07, 6.45) is 0. The third-order valence-corrected chi connectivity index (χ3v) is 2.71. The molecule has 1 amide bonds. The molecule has 1 unspecified atom stereocenters. The van der Waals surface area contributed by atoms with Gasteiger partial charge in [0.15, 0.2) is 0 Å². The molecule has 0 saturated carbocycles. The molecule has 0 spiro atoms. The fraction of sp³-hybridized carbons (Fsp3) is 0.214. The zero-order valence-corrected chi connectivity index (χ0v) is 10.5. The summed E-state index contributed by atoms with van der Waals surface area (Å²) < 4.78 is 31.8. The van der Waals surface area contributed by atoms with E-state index in [-0.39, 0.29) is 5.56 Å². The van der Waals surface area contributed by atoms with Crippen molar-refractivity contribution >= 4 is 5.91 Å². The Bertz CT molecular complexity index is 607. The van der Waals surface area contributed by atoms with Crippen LogP contribution in [0.3, 0.4) is 0 Å². The number of rotatable bonds is 3. The molecule has 5 heteroatoms. The molecule has 1 aromatic heterocycles. The van der Waals surface area contributed by atoms with Crippen molar-refractivity contribution in [1.29, 1.82) is 0 Å². The largest absolute Gasteiger partial charge is 0.464 e. The number of amides is 1. The van der Waals surface area contributed by atoms with Gasteiger partial charge in [-0.3, -0.25) is 4.79 Å². The summed E-state index contributed by atoms with van der Waals surface area (Å²) in [6.45, 7) is 3.48. The molecule has 0 saturated heterocycles. The summed E-state index contributed by atoms with van der Waals surface area (Å²) >= 11 is 0. The monoisotopic (exact) mass is 265 g/mol. The predicted octanol–water partition coefficient (Wildman–Crippen LogP) is 3.36. The number of hydrogen-bond acceptors (Lipinski definition) is 2. The van der Waals surface area contributed by atoms with Gasteiger partial charge in [-0.05, 0) is 44.2 Å². The minimum atomic E-state index is -0.762. The number of carbonyl (C=O) groups excluding carboxylic acids is 1. The number of hydrogen-bond donors (Lipinski definition) is 1. The Balaban J connectivity index is 2.15. The highest BCUT2D eigenvalue weighted by atomic mass is 19.1. The highest BCUT2D eigenvalue weighted by Crippen LogP contribution is 2.17. The maximum atomic E-state index is 13.4. The highest BCUT2D eigenvalue weighted by molar-refractivity contribution is 5.94. The van der Waals surface area contributed by atoms with Crippen molar-refractivity contribution in [3.8, 4) is 0 Å². The Hall–Kier alpha value is -2.17. The van der Waals surface area contributed by atoms with E-state index in [1.807, 2.05) is 0 Å². The number of carbonyl (C=O) groups is 1. The van der Waals surface area contributed by atoms with Gasteiger partial charge in [0.2, 0.25) is 0 Å². The van der Waals surface area contributed by atoms with Gasteiger partial charge in [-0.15, -0.1) is 0 Å². The SMILES string of the molecule is Cc1ccc(C(C)NC(=O)c2cc(F)ccc2F)o1. The first-order valence-corrected chi connectivity index (χ1v) is 5.79. The maximum Gasteiger partial charge on any atom is 0.254 e. The van der Waals surface area contributed by atoms with E-state index in [1.165, 1.54) is 0 Å². The summed E-state index contributed by atoms with van der Waals surface area (Å²) in [5, 5.41) is 2.55. The minimum Gasteiger partial charge on any atom is -0.464 e. The third kappa shape index (κ3) is 2.99. The summed E-state index contributed by atoms with van der Waals surface area (Å²) in [5.41, 5.74) is -0.324. The quantitative estimate of drug-likeness (QED) is 0.924. The van der Waals surface area contributed by atoms with Gasteiger partial charge >= 0.3 is 0 Å². The van der Waals surface area contributed by atoms with E-state index in [2.05, 4.69) is 5.32 Å². The number of nitrogens with one attached hydrogen (secondary N) is 1. The van der Waals surface area contributed by atoms with Gasteiger partial charge in [-0.2, -0.15) is 0 Å². The first-order valence-electron chi connectivity index (χ1n) is 5.79. The molecule has 0 aliphatic heterocycles. The van der Waals surface area contributed by atoms with E-state index >= 15 is 0 Å². The average Bonchev–Trinajstić information content (AvgIpc) is 2.79. The molecule has 1 atom stereocenters. The second kappa shape index (κ2) is 5.22. The van der Waals surface area contributed by atoms with E-state index < -0.39 is 23.6 Å². The standard InChI is InChI=1S/C14H13F2NO2/c1-8-3-6-13(19-8)9(2)17-14(18)11-7-10(15)4-5-12(11)16/h3-7,9H,1-2H3,(H,17,18). The molecular weight excluding hydrogens is 252 g/mol. The summed E-state index contributed by atoms with van der Waals surface area (Å²) in [5.74, 6) is -0.830. The van der Waals surface area contributed by atoms with Crippen molar-refractivity contribution in [3.63, 3.8) is 0 Å². The van der Waals surface area contributed by atoms with Crippen LogP contribution >= 0.6 is 0 Å². The molecule has 0 aliphatic carbocycles. The van der Waals surface area contributed by atoms with Crippen LogP contribution in [0.15, 0.2) is 34.7 Å². The van der Waals surface area contributed by atoms with Crippen LogP contribution in [0.1, 0.15) is 34.8 Å². The van der Waals surface area contributed by atoms with E-state index in [4.69, 9.17) is 4.42 Å². The van der Waals surface area contributed by atoms with Gasteiger partial charge in [0.05, 0.1) is 11.6 Å². The lowest BCUT2D eigenvalue weighted by Crippen LogP contribution is -2.27. The first kappa shape index (κ1) is 13.3. The van der Waals surface area contributed by atoms with Crippen LogP contribution in [0.4, 0.5) is 8.78 Å².